The van der Waals surface area contributed by atoms with Crippen molar-refractivity contribution in [3.05, 3.63) is 23.0 Å². The van der Waals surface area contributed by atoms with Crippen LogP contribution in [0.4, 0.5) is 0 Å². The second kappa shape index (κ2) is 5.34. The molecule has 0 spiro atoms. The fourth-order valence-electron chi connectivity index (χ4n) is 2.90. The molecule has 0 bridgehead atoms. The predicted molar refractivity (Wildman–Crippen MR) is 82.4 cm³/mol. The minimum Gasteiger partial charge on any atom is -0.351 e. The fourth-order valence-corrected chi connectivity index (χ4v) is 2.90. The number of aryl methyl sites for hydroxylation is 1. The standard InChI is InChI=1S/C16H27N3O/c1-12-9-14(13(2)18(12)6)15(20)10-19-8-7-17(5)16(3,4)11-19/h9H,7-8,10-11H2,1-6H3. The summed E-state index contributed by atoms with van der Waals surface area (Å²) in [5.41, 5.74) is 3.23. The van der Waals surface area contributed by atoms with Crippen molar-refractivity contribution >= 4 is 5.78 Å². The Kier molecular flexibility index (Phi) is 4.07. The number of hydrogen-bond donors (Lipinski definition) is 0. The number of rotatable bonds is 3. The van der Waals surface area contributed by atoms with Crippen LogP contribution in [0, 0.1) is 13.8 Å². The number of hydrogen-bond acceptors (Lipinski definition) is 3. The number of Topliss-reactive ketones (excluding diaryl/α,β-unsaturated/α-hetero) is 1. The van der Waals surface area contributed by atoms with E-state index in [1.54, 1.807) is 0 Å². The zero-order chi connectivity index (χ0) is 15.1. The van der Waals surface area contributed by atoms with Gasteiger partial charge in [0, 0.05) is 49.2 Å². The molecule has 0 radical (unpaired) electrons. The van der Waals surface area contributed by atoms with E-state index in [-0.39, 0.29) is 11.3 Å². The molecular weight excluding hydrogens is 250 g/mol. The van der Waals surface area contributed by atoms with Crippen molar-refractivity contribution in [1.29, 1.82) is 0 Å². The summed E-state index contributed by atoms with van der Waals surface area (Å²) in [7, 11) is 4.17. The van der Waals surface area contributed by atoms with Gasteiger partial charge in [0.2, 0.25) is 0 Å². The van der Waals surface area contributed by atoms with Crippen molar-refractivity contribution in [3.63, 3.8) is 0 Å². The number of aromatic nitrogens is 1. The van der Waals surface area contributed by atoms with Gasteiger partial charge in [-0.25, -0.2) is 0 Å². The van der Waals surface area contributed by atoms with Crippen molar-refractivity contribution < 1.29 is 4.79 Å². The lowest BCUT2D eigenvalue weighted by Crippen LogP contribution is -2.58. The Balaban J connectivity index is 2.07. The molecule has 0 aliphatic carbocycles. The van der Waals surface area contributed by atoms with Gasteiger partial charge in [-0.1, -0.05) is 0 Å². The molecule has 2 rings (SSSR count). The lowest BCUT2D eigenvalue weighted by Gasteiger charge is -2.45. The van der Waals surface area contributed by atoms with Crippen LogP contribution in [0.2, 0.25) is 0 Å². The molecule has 0 N–H and O–H groups in total. The van der Waals surface area contributed by atoms with Gasteiger partial charge in [-0.3, -0.25) is 14.6 Å². The van der Waals surface area contributed by atoms with E-state index >= 15 is 0 Å². The summed E-state index contributed by atoms with van der Waals surface area (Å²) >= 11 is 0. The van der Waals surface area contributed by atoms with Gasteiger partial charge in [-0.15, -0.1) is 0 Å². The molecule has 0 unspecified atom stereocenters. The third kappa shape index (κ3) is 2.81. The average molecular weight is 277 g/mol. The van der Waals surface area contributed by atoms with Gasteiger partial charge >= 0.3 is 0 Å². The van der Waals surface area contributed by atoms with E-state index in [1.165, 1.54) is 0 Å². The van der Waals surface area contributed by atoms with Crippen molar-refractivity contribution in [1.82, 2.24) is 14.4 Å². The summed E-state index contributed by atoms with van der Waals surface area (Å²) in [6.07, 6.45) is 0. The van der Waals surface area contributed by atoms with Crippen LogP contribution < -0.4 is 0 Å². The molecule has 0 saturated carbocycles. The van der Waals surface area contributed by atoms with Crippen LogP contribution in [0.15, 0.2) is 6.07 Å². The lowest BCUT2D eigenvalue weighted by molar-refractivity contribution is 0.0389. The first-order valence-electron chi connectivity index (χ1n) is 7.32. The molecule has 1 fully saturated rings. The van der Waals surface area contributed by atoms with Crippen LogP contribution in [0.1, 0.15) is 35.6 Å². The minimum atomic E-state index is 0.139. The molecular formula is C16H27N3O. The summed E-state index contributed by atoms with van der Waals surface area (Å²) in [5.74, 6) is 0.242. The molecule has 4 heteroatoms. The van der Waals surface area contributed by atoms with E-state index in [1.807, 2.05) is 27.0 Å². The molecule has 20 heavy (non-hydrogen) atoms. The number of piperazine rings is 1. The molecule has 1 aliphatic heterocycles. The third-order valence-electron chi connectivity index (χ3n) is 4.84. The van der Waals surface area contributed by atoms with Gasteiger partial charge in [0.25, 0.3) is 0 Å². The van der Waals surface area contributed by atoms with E-state index in [0.29, 0.717) is 6.54 Å². The SMILES string of the molecule is Cc1cc(C(=O)CN2CCN(C)C(C)(C)C2)c(C)n1C. The highest BCUT2D eigenvalue weighted by molar-refractivity contribution is 5.99. The van der Waals surface area contributed by atoms with Gasteiger partial charge in [0.1, 0.15) is 0 Å². The minimum absolute atomic E-state index is 0.139. The fraction of sp³-hybridized carbons (Fsp3) is 0.688. The van der Waals surface area contributed by atoms with Gasteiger partial charge in [-0.05, 0) is 40.8 Å². The molecule has 1 saturated heterocycles. The topological polar surface area (TPSA) is 28.5 Å². The zero-order valence-electron chi connectivity index (χ0n) is 13.7. The van der Waals surface area contributed by atoms with Gasteiger partial charge < -0.3 is 4.57 Å². The highest BCUT2D eigenvalue weighted by Gasteiger charge is 2.32. The van der Waals surface area contributed by atoms with Crippen LogP contribution in [0.5, 0.6) is 0 Å². The van der Waals surface area contributed by atoms with Crippen LogP contribution in [-0.4, -0.2) is 58.9 Å². The van der Waals surface area contributed by atoms with E-state index in [2.05, 4.69) is 35.3 Å². The summed E-state index contributed by atoms with van der Waals surface area (Å²) in [4.78, 5) is 17.2. The van der Waals surface area contributed by atoms with Gasteiger partial charge in [-0.2, -0.15) is 0 Å². The van der Waals surface area contributed by atoms with E-state index in [9.17, 15) is 4.79 Å². The molecule has 4 nitrogen and oxygen atoms in total. The molecule has 112 valence electrons. The maximum atomic E-state index is 12.5. The number of nitrogens with zero attached hydrogens (tertiary/aromatic N) is 3. The normalized spacial score (nSPS) is 20.3. The Morgan fingerprint density at radius 1 is 1.25 bits per heavy atom. The van der Waals surface area contributed by atoms with Crippen LogP contribution >= 0.6 is 0 Å². The summed E-state index contributed by atoms with van der Waals surface area (Å²) in [5, 5.41) is 0. The van der Waals surface area contributed by atoms with Crippen molar-refractivity contribution in [3.8, 4) is 0 Å². The van der Waals surface area contributed by atoms with Crippen LogP contribution in [-0.2, 0) is 7.05 Å². The Morgan fingerprint density at radius 2 is 1.90 bits per heavy atom. The maximum absolute atomic E-state index is 12.5. The van der Waals surface area contributed by atoms with Crippen molar-refractivity contribution in [2.75, 3.05) is 33.2 Å². The molecule has 0 amide bonds. The Morgan fingerprint density at radius 3 is 2.40 bits per heavy atom. The Bertz CT molecular complexity index is 516. The number of carbonyl (C=O) groups excluding carboxylic acids is 1. The predicted octanol–water partition coefficient (Wildman–Crippen LogP) is 1.85. The zero-order valence-corrected chi connectivity index (χ0v) is 13.7. The van der Waals surface area contributed by atoms with Crippen molar-refractivity contribution in [2.45, 2.75) is 33.2 Å². The highest BCUT2D eigenvalue weighted by Crippen LogP contribution is 2.20. The summed E-state index contributed by atoms with van der Waals surface area (Å²) < 4.78 is 2.08. The monoisotopic (exact) mass is 277 g/mol. The third-order valence-corrected chi connectivity index (χ3v) is 4.84. The highest BCUT2D eigenvalue weighted by atomic mass is 16.1. The first-order valence-corrected chi connectivity index (χ1v) is 7.32. The van der Waals surface area contributed by atoms with Crippen molar-refractivity contribution in [2.24, 2.45) is 7.05 Å². The molecule has 1 aromatic rings. The van der Waals surface area contributed by atoms with Gasteiger partial charge in [0.15, 0.2) is 5.78 Å². The summed E-state index contributed by atoms with van der Waals surface area (Å²) in [6, 6.07) is 2.01. The van der Waals surface area contributed by atoms with E-state index in [4.69, 9.17) is 0 Å². The van der Waals surface area contributed by atoms with E-state index < -0.39 is 0 Å². The van der Waals surface area contributed by atoms with Crippen LogP contribution in [0.3, 0.4) is 0 Å². The van der Waals surface area contributed by atoms with Gasteiger partial charge in [0.05, 0.1) is 6.54 Å². The molecule has 1 aromatic heterocycles. The average Bonchev–Trinajstić information content (AvgIpc) is 2.61. The number of likely N-dealkylation sites (N-methyl/N-ethyl adjacent to an activating group) is 1. The van der Waals surface area contributed by atoms with E-state index in [0.717, 1.165) is 36.6 Å². The second-order valence-corrected chi connectivity index (χ2v) is 6.71. The molecule has 0 atom stereocenters. The Hall–Kier alpha value is -1.13. The number of carbonyl (C=O) groups is 1. The first kappa shape index (κ1) is 15.3. The molecule has 0 aromatic carbocycles. The molecule has 1 aliphatic rings. The van der Waals surface area contributed by atoms with Crippen LogP contribution in [0.25, 0.3) is 0 Å². The lowest BCUT2D eigenvalue weighted by atomic mass is 9.99. The quantitative estimate of drug-likeness (QED) is 0.790. The second-order valence-electron chi connectivity index (χ2n) is 6.71. The Labute approximate surface area is 122 Å². The summed E-state index contributed by atoms with van der Waals surface area (Å²) in [6.45, 7) is 12.0. The molecule has 2 heterocycles. The smallest absolute Gasteiger partial charge is 0.178 e. The maximum Gasteiger partial charge on any atom is 0.178 e. The largest absolute Gasteiger partial charge is 0.351 e. The first-order chi connectivity index (χ1) is 9.22. The number of ketones is 1.